The van der Waals surface area contributed by atoms with E-state index < -0.39 is 39.4 Å². The monoisotopic (exact) mass is 424 g/mol. The van der Waals surface area contributed by atoms with Gasteiger partial charge in [0.2, 0.25) is 17.4 Å². The number of carbonyl (C=O) groups excluding carboxylic acids is 1. The van der Waals surface area contributed by atoms with Crippen molar-refractivity contribution in [1.29, 1.82) is 0 Å². The Bertz CT molecular complexity index is 993. The van der Waals surface area contributed by atoms with E-state index >= 15 is 0 Å². The molecule has 2 N–H and O–H groups in total. The molecule has 2 aromatic rings. The van der Waals surface area contributed by atoms with Crippen LogP contribution in [0.15, 0.2) is 70.7 Å². The second-order valence-electron chi connectivity index (χ2n) is 5.20. The zero-order valence-electron chi connectivity index (χ0n) is 13.8. The van der Waals surface area contributed by atoms with Gasteiger partial charge in [-0.1, -0.05) is 64.5 Å². The molecule has 0 fully saturated rings. The molecule has 8 heteroatoms. The lowest BCUT2D eigenvalue weighted by atomic mass is 10.1. The van der Waals surface area contributed by atoms with Crippen molar-refractivity contribution < 1.29 is 23.5 Å². The van der Waals surface area contributed by atoms with Gasteiger partial charge in [-0.15, -0.1) is 0 Å². The fourth-order valence-corrected chi connectivity index (χ4v) is 3.79. The second-order valence-corrected chi connectivity index (χ2v) is 7.63. The van der Waals surface area contributed by atoms with Gasteiger partial charge >= 0.3 is 10.1 Å². The summed E-state index contributed by atoms with van der Waals surface area (Å²) in [5.74, 6) is -2.67. The highest BCUT2D eigenvalue weighted by Gasteiger charge is 2.40. The Hall–Kier alpha value is -2.32. The number of hydrogen-bond acceptors (Lipinski definition) is 6. The summed E-state index contributed by atoms with van der Waals surface area (Å²) in [5.41, 5.74) is 6.32. The van der Waals surface area contributed by atoms with Gasteiger partial charge < -0.3 is 14.7 Å². The van der Waals surface area contributed by atoms with Crippen LogP contribution in [0.5, 0.6) is 0 Å². The molecule has 130 valence electrons. The predicted molar refractivity (Wildman–Crippen MR) is 94.3 cm³/mol. The summed E-state index contributed by atoms with van der Waals surface area (Å²) in [6, 6.07) is 14.8. The van der Waals surface area contributed by atoms with E-state index in [4.69, 9.17) is 16.0 Å². The topological polar surface area (TPSA) is 95.7 Å². The van der Waals surface area contributed by atoms with Crippen molar-refractivity contribution in [1.82, 2.24) is 0 Å². The van der Waals surface area contributed by atoms with Crippen LogP contribution in [0.25, 0.3) is 0 Å². The van der Waals surface area contributed by atoms with Gasteiger partial charge in [-0.05, 0) is 11.6 Å². The van der Waals surface area contributed by atoms with Gasteiger partial charge in [0.1, 0.15) is 5.75 Å². The summed E-state index contributed by atoms with van der Waals surface area (Å²) in [6.45, 7) is 0. The first-order valence-corrected chi connectivity index (χ1v) is 9.54. The van der Waals surface area contributed by atoms with Crippen LogP contribution in [-0.4, -0.2) is 14.2 Å². The maximum absolute atomic E-state index is 12.7. The average molecular weight is 425 g/mol. The van der Waals surface area contributed by atoms with Crippen molar-refractivity contribution in [3.8, 4) is 0 Å². The Kier molecular flexibility index (Phi) is 4.46. The molecular weight excluding hydrogens is 410 g/mol. The summed E-state index contributed by atoms with van der Waals surface area (Å²) in [4.78, 5) is 12.7. The van der Waals surface area contributed by atoms with Crippen molar-refractivity contribution in [2.75, 3.05) is 0 Å². The zero-order valence-corrected chi connectivity index (χ0v) is 15.2. The molecule has 6 nitrogen and oxygen atoms in total. The third-order valence-electron chi connectivity index (χ3n) is 3.36. The first kappa shape index (κ1) is 16.2. The van der Waals surface area contributed by atoms with Crippen molar-refractivity contribution >= 4 is 31.8 Å². The molecule has 0 aliphatic carbocycles. The number of ether oxygens (including phenoxy) is 1. The van der Waals surface area contributed by atoms with Crippen molar-refractivity contribution in [3.63, 3.8) is 0 Å². The lowest BCUT2D eigenvalue weighted by Gasteiger charge is -2.11. The highest BCUT2D eigenvalue weighted by atomic mass is 79.9. The number of hydrogen-bond donors (Lipinski definition) is 1. The van der Waals surface area contributed by atoms with E-state index in [9.17, 15) is 13.2 Å². The van der Waals surface area contributed by atoms with Gasteiger partial charge in [0.25, 0.3) is 0 Å². The minimum absolute atomic E-state index is 0.187. The van der Waals surface area contributed by atoms with Gasteiger partial charge in [0.15, 0.2) is 6.08 Å². The summed E-state index contributed by atoms with van der Waals surface area (Å²) < 4.78 is 43.4. The third-order valence-corrected chi connectivity index (χ3v) is 5.16. The number of halogens is 1. The van der Waals surface area contributed by atoms with Gasteiger partial charge in [0, 0.05) is 10.0 Å². The summed E-state index contributed by atoms with van der Waals surface area (Å²) in [6.07, 6.45) is -2.22. The number of nitrogens with two attached hydrogens (primary N) is 1. The number of Topliss-reactive ketones (excluding diaryl/α,β-unsaturated/α-hetero) is 1. The Labute approximate surface area is 154 Å². The smallest absolute Gasteiger partial charge is 0.313 e. The number of rotatable bonds is 5. The quantitative estimate of drug-likeness (QED) is 0.741. The van der Waals surface area contributed by atoms with Crippen LogP contribution < -0.4 is 5.73 Å². The molecule has 0 radical (unpaired) electrons. The molecule has 1 aliphatic heterocycles. The normalized spacial score (nSPS) is 21.0. The molecule has 1 atom stereocenters. The van der Waals surface area contributed by atoms with Crippen LogP contribution >= 0.6 is 15.9 Å². The van der Waals surface area contributed by atoms with E-state index in [0.29, 0.717) is 10.0 Å². The number of carbonyl (C=O) groups is 1. The molecule has 0 saturated heterocycles. The maximum atomic E-state index is 12.7. The summed E-state index contributed by atoms with van der Waals surface area (Å²) >= 11 is 3.24. The van der Waals surface area contributed by atoms with Crippen LogP contribution in [0.4, 0.5) is 0 Å². The third kappa shape index (κ3) is 3.85. The maximum Gasteiger partial charge on any atom is 0.313 e. The van der Waals surface area contributed by atoms with Crippen LogP contribution in [0, 0.1) is 0 Å². The Morgan fingerprint density at radius 1 is 1.16 bits per heavy atom. The lowest BCUT2D eigenvalue weighted by molar-refractivity contribution is -0.123. The molecule has 0 saturated carbocycles. The Morgan fingerprint density at radius 3 is 2.48 bits per heavy atom. The van der Waals surface area contributed by atoms with Gasteiger partial charge in [-0.3, -0.25) is 4.79 Å². The summed E-state index contributed by atoms with van der Waals surface area (Å²) in [5, 5.41) is 0. The van der Waals surface area contributed by atoms with Crippen LogP contribution in [0.2, 0.25) is 0 Å². The molecule has 0 spiro atoms. The van der Waals surface area contributed by atoms with Gasteiger partial charge in [-0.25, -0.2) is 0 Å². The number of benzene rings is 2. The van der Waals surface area contributed by atoms with E-state index in [2.05, 4.69) is 15.9 Å². The van der Waals surface area contributed by atoms with E-state index in [0.717, 1.165) is 0 Å². The molecule has 3 rings (SSSR count). The van der Waals surface area contributed by atoms with E-state index in [-0.39, 0.29) is 5.56 Å². The highest BCUT2D eigenvalue weighted by Crippen LogP contribution is 2.35. The minimum Gasteiger partial charge on any atom is -0.460 e. The fourth-order valence-electron chi connectivity index (χ4n) is 2.25. The van der Waals surface area contributed by atoms with Crippen molar-refractivity contribution in [3.05, 3.63) is 81.8 Å². The average Bonchev–Trinajstić information content (AvgIpc) is 2.79. The first-order valence-electron chi connectivity index (χ1n) is 7.67. The Morgan fingerprint density at radius 2 is 1.80 bits per heavy atom. The SMILES string of the molecule is [2H][C@]1(c2ccccc2Br)OC(N)=C(OS(=O)(=O)Cc2ccccc2)C1=O. The molecule has 0 bridgehead atoms. The molecule has 0 amide bonds. The highest BCUT2D eigenvalue weighted by molar-refractivity contribution is 9.10. The molecule has 0 unspecified atom stereocenters. The molecule has 25 heavy (non-hydrogen) atoms. The Balaban J connectivity index is 1.86. The van der Waals surface area contributed by atoms with Crippen LogP contribution in [0.1, 0.15) is 18.6 Å². The van der Waals surface area contributed by atoms with E-state index in [1.165, 1.54) is 6.07 Å². The first-order chi connectivity index (χ1) is 12.2. The van der Waals surface area contributed by atoms with Crippen molar-refractivity contribution in [2.45, 2.75) is 11.8 Å². The standard InChI is InChI=1S/C17H14BrNO5S/c18-13-9-5-4-8-12(13)15-14(20)16(17(19)23-15)24-25(21,22)10-11-6-2-1-3-7-11/h1-9,15H,10,19H2/t15-/m1/s1/i15D. The van der Waals surface area contributed by atoms with E-state index in [1.807, 2.05) is 0 Å². The molecule has 1 heterocycles. The van der Waals surface area contributed by atoms with Crippen LogP contribution in [-0.2, 0) is 29.6 Å². The van der Waals surface area contributed by atoms with Crippen LogP contribution in [0.3, 0.4) is 0 Å². The minimum atomic E-state index is -4.16. The van der Waals surface area contributed by atoms with Crippen molar-refractivity contribution in [2.24, 2.45) is 5.73 Å². The molecule has 0 aromatic heterocycles. The lowest BCUT2D eigenvalue weighted by Crippen LogP contribution is -2.16. The second kappa shape index (κ2) is 6.89. The largest absolute Gasteiger partial charge is 0.460 e. The summed E-state index contributed by atoms with van der Waals surface area (Å²) in [7, 11) is -4.16. The number of ketones is 1. The fraction of sp³-hybridized carbons (Fsp3) is 0.118. The van der Waals surface area contributed by atoms with Gasteiger partial charge in [0.05, 0.1) is 1.37 Å². The molecule has 1 aliphatic rings. The molecule has 2 aromatic carbocycles. The molecular formula is C17H14BrNO5S. The zero-order chi connectivity index (χ0) is 18.9. The predicted octanol–water partition coefficient (Wildman–Crippen LogP) is 2.76. The van der Waals surface area contributed by atoms with Gasteiger partial charge in [-0.2, -0.15) is 8.42 Å². The van der Waals surface area contributed by atoms with E-state index in [1.54, 1.807) is 48.5 Å².